The molecule has 1 atom stereocenters. The van der Waals surface area contributed by atoms with E-state index < -0.39 is 15.9 Å². The van der Waals surface area contributed by atoms with E-state index in [0.29, 0.717) is 0 Å². The van der Waals surface area contributed by atoms with Crippen molar-refractivity contribution in [2.75, 3.05) is 26.2 Å². The molecule has 0 fully saturated rings. The van der Waals surface area contributed by atoms with Crippen LogP contribution in [0.25, 0.3) is 0 Å². The number of carbonyl (C=O) groups is 1. The van der Waals surface area contributed by atoms with E-state index in [1.807, 2.05) is 0 Å². The van der Waals surface area contributed by atoms with Crippen LogP contribution in [-0.4, -0.2) is 52.3 Å². The van der Waals surface area contributed by atoms with E-state index in [-0.39, 0.29) is 23.5 Å². The van der Waals surface area contributed by atoms with Gasteiger partial charge in [0, 0.05) is 9.85 Å². The molecule has 1 unspecified atom stereocenters. The smallest absolute Gasteiger partial charge is 0.195 e. The molecule has 0 aromatic carbocycles. The molecule has 0 spiro atoms. The number of Topliss-reactive ketones (excluding diaryl/α,β-unsaturated/α-hetero) is 1. The number of quaternary nitrogens is 1. The fourth-order valence-electron chi connectivity index (χ4n) is 4.00. The van der Waals surface area contributed by atoms with Crippen LogP contribution in [0.4, 0.5) is 0 Å². The standard InChI is InChI=1S/C16H36N.C9H9N2O5/c1-5-9-13-17(14-10-6-2,15-11-7-3)16-12-8-4;1-6(12)4-7-2-3-8(10(13)14)5-9(7)11(15)16/h5-16H2,1-4H3;2-3,5,8H,4H2,1H3/q+1;-1. The van der Waals surface area contributed by atoms with Crippen molar-refractivity contribution >= 4 is 5.78 Å². The number of rotatable bonds is 16. The zero-order valence-electron chi connectivity index (χ0n) is 21.4. The molecule has 0 radical (unpaired) electrons. The molecule has 1 rings (SSSR count). The number of hydrogen-bond acceptors (Lipinski definition) is 5. The first-order valence-electron chi connectivity index (χ1n) is 12.5. The normalized spacial score (nSPS) is 15.5. The van der Waals surface area contributed by atoms with Gasteiger partial charge in [0.15, 0.2) is 6.04 Å². The van der Waals surface area contributed by atoms with Crippen LogP contribution in [0.2, 0.25) is 0 Å². The van der Waals surface area contributed by atoms with Gasteiger partial charge in [-0.1, -0.05) is 59.8 Å². The van der Waals surface area contributed by atoms with E-state index in [1.165, 1.54) is 101 Å². The summed E-state index contributed by atoms with van der Waals surface area (Å²) in [5.41, 5.74) is -0.157. The first-order valence-corrected chi connectivity index (χ1v) is 12.5. The largest absolute Gasteiger partial charge is 0.324 e. The van der Waals surface area contributed by atoms with E-state index in [1.54, 1.807) is 0 Å². The lowest BCUT2D eigenvalue weighted by atomic mass is 9.96. The van der Waals surface area contributed by atoms with Crippen molar-refractivity contribution in [1.29, 1.82) is 0 Å². The molecular weight excluding hydrogens is 422 g/mol. The van der Waals surface area contributed by atoms with Crippen LogP contribution in [0.15, 0.2) is 23.4 Å². The molecule has 0 saturated heterocycles. The van der Waals surface area contributed by atoms with Gasteiger partial charge in [0.1, 0.15) is 11.5 Å². The fraction of sp³-hybridized carbons (Fsp3) is 0.760. The van der Waals surface area contributed by atoms with Crippen molar-refractivity contribution in [3.05, 3.63) is 50.1 Å². The third kappa shape index (κ3) is 12.6. The summed E-state index contributed by atoms with van der Waals surface area (Å²) in [7, 11) is 0. The number of nitrogens with zero attached hydrogens (tertiary/aromatic N) is 3. The molecule has 0 heterocycles. The van der Waals surface area contributed by atoms with Gasteiger partial charge >= 0.3 is 0 Å². The number of allylic oxidation sites excluding steroid dienone is 2. The van der Waals surface area contributed by atoms with E-state index in [0.717, 1.165) is 6.42 Å². The fourth-order valence-corrected chi connectivity index (χ4v) is 4.00. The predicted molar refractivity (Wildman–Crippen MR) is 133 cm³/mol. The second kappa shape index (κ2) is 17.3. The Morgan fingerprint density at radius 3 is 1.64 bits per heavy atom. The minimum Gasteiger partial charge on any atom is -0.324 e. The Balaban J connectivity index is 0.000000621. The van der Waals surface area contributed by atoms with Gasteiger partial charge in [0.05, 0.1) is 26.2 Å². The summed E-state index contributed by atoms with van der Waals surface area (Å²) in [6, 6.07) is -1.20. The van der Waals surface area contributed by atoms with Crippen LogP contribution < -0.4 is 0 Å². The summed E-state index contributed by atoms with van der Waals surface area (Å²) in [5.74, 6) is -0.230. The Bertz CT molecular complexity index is 635. The topological polar surface area (TPSA) is 103 Å². The summed E-state index contributed by atoms with van der Waals surface area (Å²) in [6.07, 6.45) is 14.4. The van der Waals surface area contributed by atoms with Gasteiger partial charge in [0.2, 0.25) is 0 Å². The van der Waals surface area contributed by atoms with Crippen LogP contribution in [-0.2, 0) is 4.79 Å². The van der Waals surface area contributed by atoms with Gasteiger partial charge in [-0.3, -0.25) is 20.2 Å². The zero-order chi connectivity index (χ0) is 25.3. The minimum absolute atomic E-state index is 0.0895. The minimum atomic E-state index is -1.20. The van der Waals surface area contributed by atoms with Crippen LogP contribution >= 0.6 is 0 Å². The molecule has 0 amide bonds. The summed E-state index contributed by atoms with van der Waals surface area (Å²) in [5, 5.41) is 21.1. The third-order valence-corrected chi connectivity index (χ3v) is 5.98. The van der Waals surface area contributed by atoms with Crippen LogP contribution in [0, 0.1) is 26.6 Å². The first-order chi connectivity index (χ1) is 15.7. The molecule has 0 saturated carbocycles. The maximum Gasteiger partial charge on any atom is 0.195 e. The highest BCUT2D eigenvalue weighted by molar-refractivity contribution is 5.79. The van der Waals surface area contributed by atoms with Gasteiger partial charge in [0.25, 0.3) is 0 Å². The van der Waals surface area contributed by atoms with Crippen molar-refractivity contribution in [3.63, 3.8) is 0 Å². The highest BCUT2D eigenvalue weighted by Gasteiger charge is 2.25. The van der Waals surface area contributed by atoms with Gasteiger partial charge in [-0.2, -0.15) is 0 Å². The zero-order valence-corrected chi connectivity index (χ0v) is 21.4. The van der Waals surface area contributed by atoms with Crippen molar-refractivity contribution in [3.8, 4) is 0 Å². The molecule has 8 heteroatoms. The summed E-state index contributed by atoms with van der Waals surface area (Å²) in [6.45, 7) is 16.3. The van der Waals surface area contributed by atoms with Crippen LogP contribution in [0.5, 0.6) is 0 Å². The molecule has 1 aliphatic rings. The molecule has 0 bridgehead atoms. The Hall–Kier alpha value is -2.22. The monoisotopic (exact) mass is 467 g/mol. The lowest BCUT2D eigenvalue weighted by Gasteiger charge is -2.39. The molecular formula is C25H45N3O5. The highest BCUT2D eigenvalue weighted by Crippen LogP contribution is 2.23. The third-order valence-electron chi connectivity index (χ3n) is 5.98. The Labute approximate surface area is 200 Å². The van der Waals surface area contributed by atoms with Crippen molar-refractivity contribution in [2.45, 2.75) is 98.4 Å². The number of nitro groups is 2. The molecule has 0 aromatic heterocycles. The quantitative estimate of drug-likeness (QED) is 0.121. The number of hydrogen-bond donors (Lipinski definition) is 0. The van der Waals surface area contributed by atoms with E-state index in [9.17, 15) is 25.0 Å². The van der Waals surface area contributed by atoms with Crippen LogP contribution in [0.1, 0.15) is 92.4 Å². The summed E-state index contributed by atoms with van der Waals surface area (Å²) < 4.78 is 1.42. The first kappa shape index (κ1) is 30.8. The maximum atomic E-state index is 10.9. The second-order valence-corrected chi connectivity index (χ2v) is 9.00. The van der Waals surface area contributed by atoms with E-state index in [2.05, 4.69) is 27.7 Å². The number of ketones is 1. The highest BCUT2D eigenvalue weighted by atomic mass is 16.6. The average molecular weight is 468 g/mol. The van der Waals surface area contributed by atoms with Gasteiger partial charge in [-0.15, -0.1) is 11.6 Å². The lowest BCUT2D eigenvalue weighted by Crippen LogP contribution is -2.50. The van der Waals surface area contributed by atoms with Gasteiger partial charge in [-0.25, -0.2) is 0 Å². The van der Waals surface area contributed by atoms with E-state index >= 15 is 0 Å². The van der Waals surface area contributed by atoms with Gasteiger partial charge in [-0.05, 0) is 45.1 Å². The number of carbonyl (C=O) groups excluding carboxylic acids is 1. The lowest BCUT2D eigenvalue weighted by molar-refractivity contribution is -0.929. The maximum absolute atomic E-state index is 10.9. The van der Waals surface area contributed by atoms with Crippen molar-refractivity contribution in [2.24, 2.45) is 0 Å². The number of unbranched alkanes of at least 4 members (excludes halogenated alkanes) is 4. The summed E-state index contributed by atoms with van der Waals surface area (Å²) >= 11 is 0. The average Bonchev–Trinajstić information content (AvgIpc) is 2.78. The predicted octanol–water partition coefficient (Wildman–Crippen LogP) is 5.92. The Kier molecular flexibility index (Phi) is 16.1. The molecule has 33 heavy (non-hydrogen) atoms. The van der Waals surface area contributed by atoms with Crippen molar-refractivity contribution < 1.29 is 19.1 Å². The van der Waals surface area contributed by atoms with E-state index in [4.69, 9.17) is 0 Å². The SMILES string of the molecule is CC(=O)CC1=C([N+](=O)[O-])[CH-]C([N+](=O)[O-])C=C1.CCCC[N+](CCCC)(CCCC)CCCC. The molecule has 8 nitrogen and oxygen atoms in total. The Morgan fingerprint density at radius 2 is 1.33 bits per heavy atom. The molecule has 0 N–H and O–H groups in total. The van der Waals surface area contributed by atoms with Crippen LogP contribution in [0.3, 0.4) is 0 Å². The summed E-state index contributed by atoms with van der Waals surface area (Å²) in [4.78, 5) is 30.6. The molecule has 0 aromatic rings. The molecule has 1 aliphatic carbocycles. The Morgan fingerprint density at radius 1 is 0.909 bits per heavy atom. The molecule has 0 aliphatic heterocycles. The van der Waals surface area contributed by atoms with Gasteiger partial charge < -0.3 is 9.28 Å². The molecule has 190 valence electrons. The second-order valence-electron chi connectivity index (χ2n) is 9.00. The van der Waals surface area contributed by atoms with Crippen molar-refractivity contribution in [1.82, 2.24) is 0 Å².